The third kappa shape index (κ3) is 2.73. The molecule has 0 aliphatic carbocycles. The molecule has 2 fully saturated rings. The van der Waals surface area contributed by atoms with Gasteiger partial charge in [0.15, 0.2) is 0 Å². The van der Waals surface area contributed by atoms with Crippen molar-refractivity contribution in [2.75, 3.05) is 32.8 Å². The largest absolute Gasteiger partial charge is 0.379 e. The van der Waals surface area contributed by atoms with Crippen molar-refractivity contribution in [2.45, 2.75) is 25.4 Å². The molecule has 0 aromatic carbocycles. The van der Waals surface area contributed by atoms with Crippen LogP contribution >= 0.6 is 0 Å². The van der Waals surface area contributed by atoms with E-state index in [1.54, 1.807) is 21.1 Å². The Morgan fingerprint density at radius 1 is 1.25 bits per heavy atom. The van der Waals surface area contributed by atoms with Gasteiger partial charge in [0, 0.05) is 44.6 Å². The highest BCUT2D eigenvalue weighted by molar-refractivity contribution is 7.86. The van der Waals surface area contributed by atoms with Gasteiger partial charge >= 0.3 is 0 Å². The topological polar surface area (TPSA) is 67.7 Å². The quantitative estimate of drug-likeness (QED) is 0.780. The van der Waals surface area contributed by atoms with Crippen LogP contribution in [0.2, 0.25) is 0 Å². The second kappa shape index (κ2) is 5.80. The molecule has 2 saturated heterocycles. The maximum atomic E-state index is 12.7. The van der Waals surface area contributed by atoms with E-state index in [1.807, 2.05) is 10.8 Å². The van der Waals surface area contributed by atoms with E-state index in [-0.39, 0.29) is 6.04 Å². The van der Waals surface area contributed by atoms with Gasteiger partial charge in [0.2, 0.25) is 0 Å². The third-order valence-corrected chi connectivity index (χ3v) is 5.99. The second-order valence-electron chi connectivity index (χ2n) is 5.19. The highest BCUT2D eigenvalue weighted by Gasteiger charge is 2.38. The minimum absolute atomic E-state index is 0.0250. The molecule has 0 saturated carbocycles. The molecule has 8 heteroatoms. The van der Waals surface area contributed by atoms with E-state index in [2.05, 4.69) is 4.98 Å². The summed E-state index contributed by atoms with van der Waals surface area (Å²) in [5.41, 5.74) is 0. The molecule has 0 N–H and O–H groups in total. The van der Waals surface area contributed by atoms with Gasteiger partial charge in [-0.1, -0.05) is 0 Å². The minimum Gasteiger partial charge on any atom is -0.379 e. The van der Waals surface area contributed by atoms with Gasteiger partial charge in [-0.3, -0.25) is 0 Å². The Hall–Kier alpha value is -0.960. The molecule has 1 aromatic rings. The molecule has 20 heavy (non-hydrogen) atoms. The van der Waals surface area contributed by atoms with Crippen molar-refractivity contribution < 1.29 is 13.2 Å². The summed E-state index contributed by atoms with van der Waals surface area (Å²) >= 11 is 0. The van der Waals surface area contributed by atoms with E-state index in [9.17, 15) is 8.42 Å². The lowest BCUT2D eigenvalue weighted by atomic mass is 10.2. The predicted molar refractivity (Wildman–Crippen MR) is 73.3 cm³/mol. The maximum Gasteiger partial charge on any atom is 0.282 e. The van der Waals surface area contributed by atoms with Gasteiger partial charge in [0.05, 0.1) is 19.5 Å². The summed E-state index contributed by atoms with van der Waals surface area (Å²) in [7, 11) is -3.36. The van der Waals surface area contributed by atoms with Gasteiger partial charge in [0.25, 0.3) is 10.2 Å². The zero-order valence-electron chi connectivity index (χ0n) is 11.4. The van der Waals surface area contributed by atoms with Crippen LogP contribution in [-0.4, -0.2) is 65.5 Å². The minimum atomic E-state index is -3.36. The van der Waals surface area contributed by atoms with Gasteiger partial charge in [-0.15, -0.1) is 0 Å². The Morgan fingerprint density at radius 2 is 2.05 bits per heavy atom. The van der Waals surface area contributed by atoms with E-state index in [0.717, 1.165) is 12.8 Å². The predicted octanol–water partition coefficient (Wildman–Crippen LogP) is -0.0755. The van der Waals surface area contributed by atoms with Crippen LogP contribution < -0.4 is 0 Å². The molecule has 7 nitrogen and oxygen atoms in total. The molecule has 0 radical (unpaired) electrons. The molecule has 112 valence electrons. The molecule has 0 bridgehead atoms. The Morgan fingerprint density at radius 3 is 2.75 bits per heavy atom. The number of nitrogens with zero attached hydrogens (tertiary/aromatic N) is 4. The highest BCUT2D eigenvalue weighted by atomic mass is 32.2. The Balaban J connectivity index is 1.73. The third-order valence-electron chi connectivity index (χ3n) is 3.90. The van der Waals surface area contributed by atoms with Crippen LogP contribution in [0.3, 0.4) is 0 Å². The fourth-order valence-electron chi connectivity index (χ4n) is 2.86. The SMILES string of the molecule is O=S(=O)(N1CCOCC1)N1CCC[C@H]1Cn1ccnc1. The summed E-state index contributed by atoms with van der Waals surface area (Å²) < 4.78 is 35.8. The number of ether oxygens (including phenoxy) is 1. The molecular weight excluding hydrogens is 280 g/mol. The number of rotatable bonds is 4. The molecule has 3 heterocycles. The Kier molecular flexibility index (Phi) is 4.06. The molecule has 2 aliphatic rings. The van der Waals surface area contributed by atoms with Gasteiger partial charge in [-0.05, 0) is 12.8 Å². The second-order valence-corrected chi connectivity index (χ2v) is 7.07. The van der Waals surface area contributed by atoms with Crippen molar-refractivity contribution in [1.82, 2.24) is 18.2 Å². The number of hydrogen-bond donors (Lipinski definition) is 0. The van der Waals surface area contributed by atoms with Crippen LogP contribution in [0, 0.1) is 0 Å². The first-order chi connectivity index (χ1) is 9.68. The molecule has 1 aromatic heterocycles. The first-order valence-electron chi connectivity index (χ1n) is 6.98. The number of imidazole rings is 1. The summed E-state index contributed by atoms with van der Waals surface area (Å²) in [6.45, 7) is 3.16. The first kappa shape index (κ1) is 14.0. The highest BCUT2D eigenvalue weighted by Crippen LogP contribution is 2.25. The summed E-state index contributed by atoms with van der Waals surface area (Å²) in [5, 5.41) is 0. The van der Waals surface area contributed by atoms with Crippen molar-refractivity contribution in [2.24, 2.45) is 0 Å². The Labute approximate surface area is 119 Å². The number of hydrogen-bond acceptors (Lipinski definition) is 4. The van der Waals surface area contributed by atoms with Crippen molar-refractivity contribution >= 4 is 10.2 Å². The Bertz CT molecular complexity index is 525. The maximum absolute atomic E-state index is 12.7. The lowest BCUT2D eigenvalue weighted by Gasteiger charge is -2.33. The van der Waals surface area contributed by atoms with Gasteiger partial charge in [-0.2, -0.15) is 17.0 Å². The zero-order chi connectivity index (χ0) is 14.0. The summed E-state index contributed by atoms with van der Waals surface area (Å²) in [6.07, 6.45) is 7.15. The van der Waals surface area contributed by atoms with Crippen LogP contribution in [0.4, 0.5) is 0 Å². The van der Waals surface area contributed by atoms with E-state index in [4.69, 9.17) is 4.74 Å². The molecular formula is C12H20N4O3S. The van der Waals surface area contributed by atoms with E-state index < -0.39 is 10.2 Å². The van der Waals surface area contributed by atoms with E-state index >= 15 is 0 Å². The molecule has 0 unspecified atom stereocenters. The average molecular weight is 300 g/mol. The fraction of sp³-hybridized carbons (Fsp3) is 0.750. The van der Waals surface area contributed by atoms with Crippen LogP contribution in [0.25, 0.3) is 0 Å². The standard InChI is InChI=1S/C12H20N4O3S/c17-20(18,15-6-8-19-9-7-15)16-4-1-2-12(16)10-14-5-3-13-11-14/h3,5,11-12H,1-2,4,6-10H2/t12-/m0/s1. The van der Waals surface area contributed by atoms with Crippen molar-refractivity contribution in [3.63, 3.8) is 0 Å². The zero-order valence-corrected chi connectivity index (χ0v) is 12.2. The molecule has 2 aliphatic heterocycles. The number of morpholine rings is 1. The summed E-state index contributed by atoms with van der Waals surface area (Å²) in [4.78, 5) is 4.01. The molecule has 3 rings (SSSR count). The van der Waals surface area contributed by atoms with Crippen molar-refractivity contribution in [1.29, 1.82) is 0 Å². The lowest BCUT2D eigenvalue weighted by Crippen LogP contribution is -2.50. The smallest absolute Gasteiger partial charge is 0.282 e. The summed E-state index contributed by atoms with van der Waals surface area (Å²) in [6, 6.07) is 0.0250. The first-order valence-corrected chi connectivity index (χ1v) is 8.38. The fourth-order valence-corrected chi connectivity index (χ4v) is 4.67. The lowest BCUT2D eigenvalue weighted by molar-refractivity contribution is 0.0697. The van der Waals surface area contributed by atoms with Gasteiger partial charge in [0.1, 0.15) is 0 Å². The molecule has 0 spiro atoms. The van der Waals surface area contributed by atoms with E-state index in [0.29, 0.717) is 39.4 Å². The van der Waals surface area contributed by atoms with Crippen LogP contribution in [-0.2, 0) is 21.5 Å². The van der Waals surface area contributed by atoms with Crippen LogP contribution in [0.1, 0.15) is 12.8 Å². The normalized spacial score (nSPS) is 26.1. The van der Waals surface area contributed by atoms with Crippen molar-refractivity contribution in [3.05, 3.63) is 18.7 Å². The van der Waals surface area contributed by atoms with Gasteiger partial charge in [-0.25, -0.2) is 4.98 Å². The van der Waals surface area contributed by atoms with Gasteiger partial charge < -0.3 is 9.30 Å². The number of aromatic nitrogens is 2. The van der Waals surface area contributed by atoms with Crippen molar-refractivity contribution in [3.8, 4) is 0 Å². The monoisotopic (exact) mass is 300 g/mol. The molecule has 1 atom stereocenters. The van der Waals surface area contributed by atoms with Crippen LogP contribution in [0.15, 0.2) is 18.7 Å². The summed E-state index contributed by atoms with van der Waals surface area (Å²) in [5.74, 6) is 0. The van der Waals surface area contributed by atoms with Crippen LogP contribution in [0.5, 0.6) is 0 Å². The molecule has 0 amide bonds. The van der Waals surface area contributed by atoms with E-state index in [1.165, 1.54) is 0 Å². The average Bonchev–Trinajstić information content (AvgIpc) is 3.12.